The van der Waals surface area contributed by atoms with Crippen LogP contribution in [0.2, 0.25) is 0 Å². The third-order valence-corrected chi connectivity index (χ3v) is 15.7. The van der Waals surface area contributed by atoms with Gasteiger partial charge in [0.1, 0.15) is 0 Å². The largest absolute Gasteiger partial charge is 0.310 e. The first-order valence-electron chi connectivity index (χ1n) is 14.6. The van der Waals surface area contributed by atoms with Crippen molar-refractivity contribution in [3.63, 3.8) is 0 Å². The third kappa shape index (κ3) is 7.06. The van der Waals surface area contributed by atoms with E-state index >= 15 is 0 Å². The third-order valence-electron chi connectivity index (χ3n) is 8.59. The van der Waals surface area contributed by atoms with Gasteiger partial charge in [-0.2, -0.15) is 0 Å². The molecule has 2 aliphatic heterocycles. The zero-order chi connectivity index (χ0) is 26.8. The van der Waals surface area contributed by atoms with Crippen molar-refractivity contribution >= 4 is 15.8 Å². The standard InChI is InChI=1S/C33H52N2P2/c1-31(2,3)37(32(4,5)6)24-25-18-19-28(33(7,8)27-14-10-9-11-15-27)22-26(25)23-36(29-16-12-20-34-29)30-17-13-21-35-30/h9-11,14-15,18-19,22,29-30,34-35H,12-13,16-17,20-21,23-24H2,1-8H3. The van der Waals surface area contributed by atoms with Crippen molar-refractivity contribution in [2.24, 2.45) is 0 Å². The first kappa shape index (κ1) is 29.2. The molecule has 0 radical (unpaired) electrons. The van der Waals surface area contributed by atoms with Crippen molar-refractivity contribution in [2.75, 3.05) is 13.1 Å². The summed E-state index contributed by atoms with van der Waals surface area (Å²) in [5.74, 6) is 1.41. The molecule has 204 valence electrons. The lowest BCUT2D eigenvalue weighted by Gasteiger charge is -2.42. The summed E-state index contributed by atoms with van der Waals surface area (Å²) in [5, 5.41) is 8.51. The topological polar surface area (TPSA) is 24.1 Å². The average Bonchev–Trinajstić information content (AvgIpc) is 3.55. The minimum Gasteiger partial charge on any atom is -0.310 e. The van der Waals surface area contributed by atoms with Gasteiger partial charge in [0.05, 0.1) is 0 Å². The van der Waals surface area contributed by atoms with Crippen molar-refractivity contribution in [1.29, 1.82) is 0 Å². The lowest BCUT2D eigenvalue weighted by molar-refractivity contribution is 0.639. The summed E-state index contributed by atoms with van der Waals surface area (Å²) >= 11 is 0. The van der Waals surface area contributed by atoms with Crippen LogP contribution in [0, 0.1) is 0 Å². The second-order valence-corrected chi connectivity index (χ2v) is 20.2. The molecule has 0 amide bonds. The van der Waals surface area contributed by atoms with Crippen LogP contribution in [-0.2, 0) is 17.7 Å². The first-order valence-corrected chi connectivity index (χ1v) is 17.7. The molecule has 2 atom stereocenters. The highest BCUT2D eigenvalue weighted by atomic mass is 31.1. The molecule has 2 aromatic carbocycles. The van der Waals surface area contributed by atoms with Crippen LogP contribution in [0.3, 0.4) is 0 Å². The molecule has 2 saturated heterocycles. The van der Waals surface area contributed by atoms with Gasteiger partial charge in [-0.3, -0.25) is 0 Å². The summed E-state index contributed by atoms with van der Waals surface area (Å²) in [6, 6.07) is 18.7. The maximum Gasteiger partial charge on any atom is 0.0286 e. The van der Waals surface area contributed by atoms with Gasteiger partial charge < -0.3 is 10.6 Å². The molecule has 0 bridgehead atoms. The highest BCUT2D eigenvalue weighted by molar-refractivity contribution is 7.60. The van der Waals surface area contributed by atoms with Gasteiger partial charge in [0, 0.05) is 17.0 Å². The molecule has 4 rings (SSSR count). The maximum atomic E-state index is 3.93. The van der Waals surface area contributed by atoms with E-state index in [1.54, 1.807) is 11.1 Å². The fraction of sp³-hybridized carbons (Fsp3) is 0.636. The predicted molar refractivity (Wildman–Crippen MR) is 168 cm³/mol. The summed E-state index contributed by atoms with van der Waals surface area (Å²) in [5.41, 5.74) is 6.11. The molecule has 0 spiro atoms. The quantitative estimate of drug-likeness (QED) is 0.328. The number of nitrogens with one attached hydrogen (secondary N) is 2. The molecule has 2 unspecified atom stereocenters. The fourth-order valence-electron chi connectivity index (χ4n) is 6.52. The van der Waals surface area contributed by atoms with Crippen molar-refractivity contribution in [1.82, 2.24) is 10.6 Å². The molecule has 2 nitrogen and oxygen atoms in total. The molecular weight excluding hydrogens is 486 g/mol. The molecule has 2 heterocycles. The van der Waals surface area contributed by atoms with Gasteiger partial charge in [-0.25, -0.2) is 0 Å². The minimum atomic E-state index is -0.186. The maximum absolute atomic E-state index is 3.93. The van der Waals surface area contributed by atoms with Crippen LogP contribution < -0.4 is 10.6 Å². The Morgan fingerprint density at radius 2 is 1.24 bits per heavy atom. The van der Waals surface area contributed by atoms with E-state index in [0.29, 0.717) is 21.9 Å². The Bertz CT molecular complexity index is 977. The molecule has 2 aliphatic rings. The van der Waals surface area contributed by atoms with Crippen LogP contribution in [0.15, 0.2) is 48.5 Å². The van der Waals surface area contributed by atoms with Crippen LogP contribution in [0.25, 0.3) is 0 Å². The minimum absolute atomic E-state index is 0.00664. The Hall–Kier alpha value is -0.780. The second kappa shape index (κ2) is 11.8. The zero-order valence-corrected chi connectivity index (χ0v) is 26.6. The van der Waals surface area contributed by atoms with Crippen LogP contribution in [0.1, 0.15) is 103 Å². The van der Waals surface area contributed by atoms with Gasteiger partial charge in [0.25, 0.3) is 0 Å². The highest BCUT2D eigenvalue weighted by Gasteiger charge is 2.37. The van der Waals surface area contributed by atoms with Crippen LogP contribution in [-0.4, -0.2) is 35.0 Å². The van der Waals surface area contributed by atoms with Gasteiger partial charge in [-0.15, -0.1) is 0 Å². The Kier molecular flexibility index (Phi) is 9.28. The molecule has 0 saturated carbocycles. The van der Waals surface area contributed by atoms with E-state index in [1.165, 1.54) is 62.2 Å². The van der Waals surface area contributed by atoms with Gasteiger partial charge in [0.2, 0.25) is 0 Å². The lowest BCUT2D eigenvalue weighted by Crippen LogP contribution is -2.30. The van der Waals surface area contributed by atoms with Crippen molar-refractivity contribution in [2.45, 2.75) is 121 Å². The van der Waals surface area contributed by atoms with Gasteiger partial charge in [-0.1, -0.05) is 120 Å². The Balaban J connectivity index is 1.76. The van der Waals surface area contributed by atoms with E-state index in [-0.39, 0.29) is 21.3 Å². The summed E-state index contributed by atoms with van der Waals surface area (Å²) in [4.78, 5) is 0. The van der Waals surface area contributed by atoms with Crippen molar-refractivity contribution in [3.05, 3.63) is 70.8 Å². The predicted octanol–water partition coefficient (Wildman–Crippen LogP) is 8.99. The molecule has 37 heavy (non-hydrogen) atoms. The van der Waals surface area contributed by atoms with Crippen LogP contribution >= 0.6 is 15.8 Å². The lowest BCUT2D eigenvalue weighted by atomic mass is 9.77. The van der Waals surface area contributed by atoms with E-state index in [0.717, 1.165) is 0 Å². The number of rotatable bonds is 8. The summed E-state index contributed by atoms with van der Waals surface area (Å²) in [7, 11) is -0.340. The second-order valence-electron chi connectivity index (χ2n) is 13.8. The highest BCUT2D eigenvalue weighted by Crippen LogP contribution is 2.62. The molecule has 0 aliphatic carbocycles. The zero-order valence-electron chi connectivity index (χ0n) is 24.8. The fourth-order valence-corrected chi connectivity index (χ4v) is 13.5. The average molecular weight is 539 g/mol. The molecule has 2 fully saturated rings. The molecule has 0 aromatic heterocycles. The van der Waals surface area contributed by atoms with E-state index in [2.05, 4.69) is 115 Å². The van der Waals surface area contributed by atoms with E-state index in [1.807, 2.05) is 0 Å². The smallest absolute Gasteiger partial charge is 0.0286 e. The van der Waals surface area contributed by atoms with Gasteiger partial charge in [-0.05, 0) is 83.7 Å². The van der Waals surface area contributed by atoms with E-state index < -0.39 is 0 Å². The van der Waals surface area contributed by atoms with Gasteiger partial charge >= 0.3 is 0 Å². The Labute approximate surface area is 230 Å². The number of benzene rings is 2. The number of hydrogen-bond acceptors (Lipinski definition) is 2. The Morgan fingerprint density at radius 1 is 0.676 bits per heavy atom. The monoisotopic (exact) mass is 538 g/mol. The molecular formula is C33H52N2P2. The number of hydrogen-bond donors (Lipinski definition) is 2. The normalized spacial score (nSPS) is 22.1. The summed E-state index contributed by atoms with van der Waals surface area (Å²) in [6.07, 6.45) is 7.85. The van der Waals surface area contributed by atoms with Crippen LogP contribution in [0.5, 0.6) is 0 Å². The Morgan fingerprint density at radius 3 is 1.73 bits per heavy atom. The molecule has 2 N–H and O–H groups in total. The van der Waals surface area contributed by atoms with E-state index in [9.17, 15) is 0 Å². The molecule has 4 heteroatoms. The van der Waals surface area contributed by atoms with Crippen molar-refractivity contribution < 1.29 is 0 Å². The van der Waals surface area contributed by atoms with Gasteiger partial charge in [0.15, 0.2) is 0 Å². The first-order chi connectivity index (χ1) is 17.4. The molecule has 2 aromatic rings. The van der Waals surface area contributed by atoms with E-state index in [4.69, 9.17) is 0 Å². The summed E-state index contributed by atoms with van der Waals surface area (Å²) < 4.78 is 0. The van der Waals surface area contributed by atoms with Crippen molar-refractivity contribution in [3.8, 4) is 0 Å². The summed E-state index contributed by atoms with van der Waals surface area (Å²) in [6.45, 7) is 22.0. The SMILES string of the molecule is CC(C)(c1ccccc1)c1ccc(CP(C(C)(C)C)C(C)(C)C)c(CP(C2CCCN2)C2CCCN2)c1. The van der Waals surface area contributed by atoms with Crippen LogP contribution in [0.4, 0.5) is 0 Å².